The molecular weight excluding hydrogens is 691 g/mol. The lowest BCUT2D eigenvalue weighted by Gasteiger charge is -2.26. The molecule has 0 bridgehead atoms. The lowest BCUT2D eigenvalue weighted by Crippen LogP contribution is -2.14. The first kappa shape index (κ1) is 33.2. The summed E-state index contributed by atoms with van der Waals surface area (Å²) >= 11 is 0. The van der Waals surface area contributed by atoms with E-state index in [9.17, 15) is 0 Å². The van der Waals surface area contributed by atoms with E-state index in [2.05, 4.69) is 219 Å². The number of hydrogen-bond acceptors (Lipinski definition) is 2. The summed E-state index contributed by atoms with van der Waals surface area (Å²) in [5.74, 6) is 0. The van der Waals surface area contributed by atoms with Gasteiger partial charge in [-0.25, -0.2) is 0 Å². The highest BCUT2D eigenvalue weighted by molar-refractivity contribution is 6.22. The Morgan fingerprint density at radius 3 is 1.54 bits per heavy atom. The zero-order valence-corrected chi connectivity index (χ0v) is 31.9. The molecule has 2 nitrogen and oxygen atoms in total. The normalized spacial score (nSPS) is 12.9. The molecule has 0 saturated carbocycles. The number of fused-ring (bicyclic) bond motifs is 8. The minimum absolute atomic E-state index is 0.0762. The number of benzene rings is 9. The van der Waals surface area contributed by atoms with Gasteiger partial charge < -0.3 is 9.32 Å². The molecular formula is C55H39NO. The van der Waals surface area contributed by atoms with Crippen LogP contribution < -0.4 is 4.90 Å². The molecule has 0 spiro atoms. The van der Waals surface area contributed by atoms with Crippen LogP contribution in [0.15, 0.2) is 205 Å². The van der Waals surface area contributed by atoms with E-state index in [0.717, 1.165) is 39.0 Å². The van der Waals surface area contributed by atoms with Gasteiger partial charge in [-0.05, 0) is 115 Å². The lowest BCUT2D eigenvalue weighted by molar-refractivity contribution is 0.660. The monoisotopic (exact) mass is 729 g/mol. The second-order valence-electron chi connectivity index (χ2n) is 15.7. The van der Waals surface area contributed by atoms with Crippen LogP contribution in [-0.4, -0.2) is 0 Å². The summed E-state index contributed by atoms with van der Waals surface area (Å²) in [5.41, 5.74) is 17.5. The Balaban J connectivity index is 1.05. The van der Waals surface area contributed by atoms with Crippen LogP contribution in [0.1, 0.15) is 25.0 Å². The van der Waals surface area contributed by atoms with E-state index >= 15 is 0 Å². The maximum atomic E-state index is 6.90. The zero-order valence-electron chi connectivity index (χ0n) is 31.9. The van der Waals surface area contributed by atoms with Crippen molar-refractivity contribution in [1.82, 2.24) is 0 Å². The quantitative estimate of drug-likeness (QED) is 0.169. The van der Waals surface area contributed by atoms with E-state index in [4.69, 9.17) is 4.42 Å². The van der Waals surface area contributed by atoms with E-state index in [-0.39, 0.29) is 5.41 Å². The van der Waals surface area contributed by atoms with E-state index < -0.39 is 0 Å². The third kappa shape index (κ3) is 5.40. The maximum Gasteiger partial charge on any atom is 0.137 e. The van der Waals surface area contributed by atoms with Crippen molar-refractivity contribution in [2.75, 3.05) is 4.90 Å². The fourth-order valence-corrected chi connectivity index (χ4v) is 9.19. The van der Waals surface area contributed by atoms with Crippen molar-refractivity contribution in [3.63, 3.8) is 0 Å². The van der Waals surface area contributed by atoms with Gasteiger partial charge in [0.05, 0.1) is 0 Å². The molecule has 57 heavy (non-hydrogen) atoms. The molecule has 0 atom stereocenters. The molecule has 2 heteroatoms. The van der Waals surface area contributed by atoms with Crippen molar-refractivity contribution in [1.29, 1.82) is 0 Å². The zero-order chi connectivity index (χ0) is 38.1. The molecule has 9 aromatic carbocycles. The van der Waals surface area contributed by atoms with Crippen molar-refractivity contribution < 1.29 is 4.42 Å². The van der Waals surface area contributed by atoms with Gasteiger partial charge in [-0.3, -0.25) is 0 Å². The number of anilines is 3. The van der Waals surface area contributed by atoms with Crippen molar-refractivity contribution in [2.45, 2.75) is 19.3 Å². The Hall–Kier alpha value is -7.16. The van der Waals surface area contributed by atoms with Crippen LogP contribution in [0.2, 0.25) is 0 Å². The second-order valence-corrected chi connectivity index (χ2v) is 15.7. The Bertz CT molecular complexity index is 3040. The number of nitrogens with zero attached hydrogens (tertiary/aromatic N) is 1. The summed E-state index contributed by atoms with van der Waals surface area (Å²) < 4.78 is 6.90. The fourth-order valence-electron chi connectivity index (χ4n) is 9.19. The summed E-state index contributed by atoms with van der Waals surface area (Å²) in [5, 5.41) is 4.68. The summed E-state index contributed by atoms with van der Waals surface area (Å²) in [4.78, 5) is 2.32. The summed E-state index contributed by atoms with van der Waals surface area (Å²) in [6.07, 6.45) is 0. The van der Waals surface area contributed by atoms with Crippen LogP contribution in [0.5, 0.6) is 0 Å². The minimum Gasteiger partial charge on any atom is -0.456 e. The molecule has 270 valence electrons. The molecule has 0 saturated heterocycles. The maximum absolute atomic E-state index is 6.90. The van der Waals surface area contributed by atoms with Crippen LogP contribution in [0.4, 0.5) is 17.1 Å². The summed E-state index contributed by atoms with van der Waals surface area (Å²) in [6.45, 7) is 4.69. The van der Waals surface area contributed by atoms with Crippen LogP contribution in [0, 0.1) is 0 Å². The first-order chi connectivity index (χ1) is 28.0. The lowest BCUT2D eigenvalue weighted by atomic mass is 9.81. The third-order valence-corrected chi connectivity index (χ3v) is 12.1. The average Bonchev–Trinajstić information content (AvgIpc) is 3.75. The van der Waals surface area contributed by atoms with Crippen LogP contribution in [0.3, 0.4) is 0 Å². The van der Waals surface area contributed by atoms with Gasteiger partial charge in [0.15, 0.2) is 0 Å². The van der Waals surface area contributed by atoms with Crippen molar-refractivity contribution in [3.05, 3.63) is 211 Å². The number of furan rings is 1. The molecule has 1 aromatic heterocycles. The van der Waals surface area contributed by atoms with Gasteiger partial charge in [0, 0.05) is 39.3 Å². The smallest absolute Gasteiger partial charge is 0.137 e. The molecule has 0 fully saturated rings. The van der Waals surface area contributed by atoms with E-state index in [0.29, 0.717) is 0 Å². The largest absolute Gasteiger partial charge is 0.456 e. The van der Waals surface area contributed by atoms with Crippen LogP contribution in [-0.2, 0) is 5.41 Å². The third-order valence-electron chi connectivity index (χ3n) is 12.1. The van der Waals surface area contributed by atoms with Gasteiger partial charge in [-0.1, -0.05) is 159 Å². The van der Waals surface area contributed by atoms with Gasteiger partial charge in [0.1, 0.15) is 11.2 Å². The SMILES string of the molecule is CC1(C)c2ccccc2-c2ccc(-c3cc4oc5cc(N(c6ccc(-c7ccccc7)cc6)c6ccc(-c7ccccc7)cc6)ccc5c4c4ccccc34)cc21. The molecule has 0 N–H and O–H groups in total. The Morgan fingerprint density at radius 1 is 0.351 bits per heavy atom. The minimum atomic E-state index is -0.0762. The van der Waals surface area contributed by atoms with Crippen molar-refractivity contribution >= 4 is 49.8 Å². The molecule has 0 aliphatic heterocycles. The molecule has 10 aromatic rings. The van der Waals surface area contributed by atoms with Crippen LogP contribution in [0.25, 0.3) is 77.2 Å². The van der Waals surface area contributed by atoms with Gasteiger partial charge >= 0.3 is 0 Å². The molecule has 1 aliphatic rings. The predicted octanol–water partition coefficient (Wildman–Crippen LogP) is 15.5. The van der Waals surface area contributed by atoms with Crippen molar-refractivity contribution in [3.8, 4) is 44.5 Å². The highest BCUT2D eigenvalue weighted by Gasteiger charge is 2.35. The fraction of sp³-hybridized carbons (Fsp3) is 0.0545. The first-order valence-corrected chi connectivity index (χ1v) is 19.8. The molecule has 1 aliphatic carbocycles. The molecule has 1 heterocycles. The predicted molar refractivity (Wildman–Crippen MR) is 240 cm³/mol. The molecule has 0 radical (unpaired) electrons. The highest BCUT2D eigenvalue weighted by atomic mass is 16.3. The Morgan fingerprint density at radius 2 is 0.877 bits per heavy atom. The van der Waals surface area contributed by atoms with Crippen LogP contribution >= 0.6 is 0 Å². The molecule has 0 amide bonds. The first-order valence-electron chi connectivity index (χ1n) is 19.8. The molecule has 0 unspecified atom stereocenters. The summed E-state index contributed by atoms with van der Waals surface area (Å²) in [6, 6.07) is 72.4. The standard InChI is InChI=1S/C55H39NO/c1-55(2)50-20-12-11-18-45(50)46-31-25-40(33-51(46)55)49-35-53-54(47-19-10-9-17-44(47)49)48-32-30-43(34-52(48)57-53)56(41-26-21-38(22-27-41)36-13-5-3-6-14-36)42-28-23-39(24-29-42)37-15-7-4-8-16-37/h3-35H,1-2H3. The van der Waals surface area contributed by atoms with E-state index in [1.54, 1.807) is 0 Å². The Kier molecular flexibility index (Phi) is 7.55. The topological polar surface area (TPSA) is 16.4 Å². The second kappa shape index (κ2) is 13.0. The number of hydrogen-bond donors (Lipinski definition) is 0. The number of rotatable bonds is 6. The van der Waals surface area contributed by atoms with Gasteiger partial charge in [-0.2, -0.15) is 0 Å². The van der Waals surface area contributed by atoms with Gasteiger partial charge in [0.25, 0.3) is 0 Å². The highest BCUT2D eigenvalue weighted by Crippen LogP contribution is 2.50. The van der Waals surface area contributed by atoms with Gasteiger partial charge in [-0.15, -0.1) is 0 Å². The van der Waals surface area contributed by atoms with E-state index in [1.165, 1.54) is 66.4 Å². The van der Waals surface area contributed by atoms with E-state index in [1.807, 2.05) is 0 Å². The summed E-state index contributed by atoms with van der Waals surface area (Å²) in [7, 11) is 0. The molecule has 11 rings (SSSR count). The Labute approximate surface area is 332 Å². The van der Waals surface area contributed by atoms with Gasteiger partial charge in [0.2, 0.25) is 0 Å². The average molecular weight is 730 g/mol. The van der Waals surface area contributed by atoms with Crippen molar-refractivity contribution in [2.24, 2.45) is 0 Å².